The quantitative estimate of drug-likeness (QED) is 0.729. The fourth-order valence-corrected chi connectivity index (χ4v) is 1.87. The molecule has 3 aromatic rings. The van der Waals surface area contributed by atoms with Gasteiger partial charge in [-0.15, -0.1) is 0 Å². The minimum absolute atomic E-state index is 0.824. The number of nitrogens with zero attached hydrogens (tertiary/aromatic N) is 2. The van der Waals surface area contributed by atoms with E-state index in [9.17, 15) is 0 Å². The molecule has 4 heteroatoms. The molecule has 3 rings (SSSR count). The zero-order chi connectivity index (χ0) is 11.7. The molecule has 84 valence electrons. The van der Waals surface area contributed by atoms with Crippen molar-refractivity contribution in [3.05, 3.63) is 42.7 Å². The molecule has 0 atom stereocenters. The van der Waals surface area contributed by atoms with Crippen LogP contribution in [0.3, 0.4) is 0 Å². The van der Waals surface area contributed by atoms with E-state index in [0.29, 0.717) is 0 Å². The van der Waals surface area contributed by atoms with Crippen molar-refractivity contribution in [3.8, 4) is 17.0 Å². The van der Waals surface area contributed by atoms with Crippen molar-refractivity contribution in [3.63, 3.8) is 0 Å². The minimum atomic E-state index is 0.824. The van der Waals surface area contributed by atoms with Crippen molar-refractivity contribution in [1.82, 2.24) is 15.2 Å². The highest BCUT2D eigenvalue weighted by Gasteiger charge is 2.07. The molecule has 1 aromatic carbocycles. The van der Waals surface area contributed by atoms with Gasteiger partial charge in [0.05, 0.1) is 24.5 Å². The Balaban J connectivity index is 2.23. The van der Waals surface area contributed by atoms with Crippen molar-refractivity contribution >= 4 is 10.9 Å². The van der Waals surface area contributed by atoms with Gasteiger partial charge in [-0.25, -0.2) is 0 Å². The summed E-state index contributed by atoms with van der Waals surface area (Å²) in [6.45, 7) is 0. The van der Waals surface area contributed by atoms with Crippen LogP contribution in [0.2, 0.25) is 0 Å². The third kappa shape index (κ3) is 1.63. The Morgan fingerprint density at radius 3 is 3.06 bits per heavy atom. The van der Waals surface area contributed by atoms with Crippen molar-refractivity contribution in [1.29, 1.82) is 0 Å². The van der Waals surface area contributed by atoms with Gasteiger partial charge in [0, 0.05) is 17.1 Å². The van der Waals surface area contributed by atoms with E-state index < -0.39 is 0 Å². The minimum Gasteiger partial charge on any atom is -0.497 e. The third-order valence-electron chi connectivity index (χ3n) is 2.71. The summed E-state index contributed by atoms with van der Waals surface area (Å²) in [5.74, 6) is 0.824. The van der Waals surface area contributed by atoms with Crippen molar-refractivity contribution < 1.29 is 4.74 Å². The predicted octanol–water partition coefficient (Wildman–Crippen LogP) is 2.63. The Labute approximate surface area is 98.3 Å². The normalized spacial score (nSPS) is 10.6. The summed E-state index contributed by atoms with van der Waals surface area (Å²) in [7, 11) is 1.66. The molecule has 1 N–H and O–H groups in total. The van der Waals surface area contributed by atoms with Gasteiger partial charge in [0.15, 0.2) is 0 Å². The zero-order valence-electron chi connectivity index (χ0n) is 9.34. The summed E-state index contributed by atoms with van der Waals surface area (Å²) in [6.07, 6.45) is 3.56. The van der Waals surface area contributed by atoms with Gasteiger partial charge in [-0.05, 0) is 18.2 Å². The number of rotatable bonds is 2. The monoisotopic (exact) mass is 225 g/mol. The Morgan fingerprint density at radius 2 is 2.18 bits per heavy atom. The molecule has 0 fully saturated rings. The van der Waals surface area contributed by atoms with Crippen LogP contribution in [0.15, 0.2) is 42.7 Å². The predicted molar refractivity (Wildman–Crippen MR) is 65.9 cm³/mol. The van der Waals surface area contributed by atoms with Crippen LogP contribution in [0.5, 0.6) is 5.75 Å². The molecule has 0 radical (unpaired) electrons. The second-order valence-electron chi connectivity index (χ2n) is 3.72. The van der Waals surface area contributed by atoms with Crippen LogP contribution in [-0.4, -0.2) is 22.3 Å². The van der Waals surface area contributed by atoms with E-state index in [1.54, 1.807) is 19.5 Å². The number of ether oxygens (including phenoxy) is 1. The van der Waals surface area contributed by atoms with Gasteiger partial charge in [-0.2, -0.15) is 5.10 Å². The molecule has 4 nitrogen and oxygen atoms in total. The van der Waals surface area contributed by atoms with E-state index in [0.717, 1.165) is 27.9 Å². The van der Waals surface area contributed by atoms with Crippen LogP contribution >= 0.6 is 0 Å². The Bertz CT molecular complexity index is 660. The number of aromatic nitrogens is 3. The van der Waals surface area contributed by atoms with Gasteiger partial charge < -0.3 is 4.74 Å². The number of hydrogen-bond donors (Lipinski definition) is 1. The first-order chi connectivity index (χ1) is 8.38. The number of methoxy groups -OCH3 is 1. The van der Waals surface area contributed by atoms with Crippen LogP contribution in [0.1, 0.15) is 0 Å². The lowest BCUT2D eigenvalue weighted by Gasteiger charge is -2.04. The second kappa shape index (κ2) is 3.90. The van der Waals surface area contributed by atoms with Crippen molar-refractivity contribution in [2.45, 2.75) is 0 Å². The average Bonchev–Trinajstić information content (AvgIpc) is 2.87. The standard InChI is InChI=1S/C13H11N3O/c1-17-10-4-2-3-9(7-10)13-11-8-15-16-12(11)5-6-14-13/h2-8H,1H3,(H,15,16). The number of hydrogen-bond acceptors (Lipinski definition) is 3. The highest BCUT2D eigenvalue weighted by Crippen LogP contribution is 2.27. The Kier molecular flexibility index (Phi) is 2.26. The van der Waals surface area contributed by atoms with E-state index in [2.05, 4.69) is 15.2 Å². The summed E-state index contributed by atoms with van der Waals surface area (Å²) in [6, 6.07) is 9.76. The summed E-state index contributed by atoms with van der Waals surface area (Å²) >= 11 is 0. The number of fused-ring (bicyclic) bond motifs is 1. The molecule has 0 aliphatic heterocycles. The van der Waals surface area contributed by atoms with E-state index >= 15 is 0 Å². The van der Waals surface area contributed by atoms with Crippen molar-refractivity contribution in [2.24, 2.45) is 0 Å². The SMILES string of the molecule is COc1cccc(-c2nccc3[nH]ncc23)c1. The van der Waals surface area contributed by atoms with E-state index in [1.807, 2.05) is 30.3 Å². The molecular formula is C13H11N3O. The van der Waals surface area contributed by atoms with Gasteiger partial charge in [-0.1, -0.05) is 12.1 Å². The van der Waals surface area contributed by atoms with E-state index in [1.165, 1.54) is 0 Å². The second-order valence-corrected chi connectivity index (χ2v) is 3.72. The first kappa shape index (κ1) is 9.84. The zero-order valence-corrected chi connectivity index (χ0v) is 9.34. The third-order valence-corrected chi connectivity index (χ3v) is 2.71. The molecule has 2 aromatic heterocycles. The van der Waals surface area contributed by atoms with Crippen LogP contribution in [0, 0.1) is 0 Å². The summed E-state index contributed by atoms with van der Waals surface area (Å²) < 4.78 is 5.22. The largest absolute Gasteiger partial charge is 0.497 e. The number of pyridine rings is 1. The highest BCUT2D eigenvalue weighted by atomic mass is 16.5. The van der Waals surface area contributed by atoms with Gasteiger partial charge in [0.2, 0.25) is 0 Å². The Hall–Kier alpha value is -2.36. The first-order valence-electron chi connectivity index (χ1n) is 5.31. The number of nitrogens with one attached hydrogen (secondary N) is 1. The maximum atomic E-state index is 5.22. The molecule has 2 heterocycles. The molecule has 0 saturated heterocycles. The molecule has 0 spiro atoms. The van der Waals surface area contributed by atoms with Crippen LogP contribution < -0.4 is 4.74 Å². The molecule has 0 saturated carbocycles. The lowest BCUT2D eigenvalue weighted by molar-refractivity contribution is 0.415. The number of benzene rings is 1. The van der Waals surface area contributed by atoms with Crippen LogP contribution in [-0.2, 0) is 0 Å². The summed E-state index contributed by atoms with van der Waals surface area (Å²) in [4.78, 5) is 4.41. The highest BCUT2D eigenvalue weighted by molar-refractivity contribution is 5.91. The van der Waals surface area contributed by atoms with E-state index in [4.69, 9.17) is 4.74 Å². The molecule has 0 aliphatic rings. The lowest BCUT2D eigenvalue weighted by Crippen LogP contribution is -1.86. The summed E-state index contributed by atoms with van der Waals surface area (Å²) in [5, 5.41) is 7.99. The number of aromatic amines is 1. The van der Waals surface area contributed by atoms with Crippen LogP contribution in [0.25, 0.3) is 22.2 Å². The molecule has 0 bridgehead atoms. The molecule has 0 amide bonds. The average molecular weight is 225 g/mol. The fourth-order valence-electron chi connectivity index (χ4n) is 1.87. The summed E-state index contributed by atoms with van der Waals surface area (Å²) in [5.41, 5.74) is 2.92. The van der Waals surface area contributed by atoms with Gasteiger partial charge in [0.1, 0.15) is 5.75 Å². The topological polar surface area (TPSA) is 50.8 Å². The van der Waals surface area contributed by atoms with Crippen LogP contribution in [0.4, 0.5) is 0 Å². The van der Waals surface area contributed by atoms with Gasteiger partial charge in [-0.3, -0.25) is 10.1 Å². The molecular weight excluding hydrogens is 214 g/mol. The first-order valence-corrected chi connectivity index (χ1v) is 5.31. The lowest BCUT2D eigenvalue weighted by atomic mass is 10.1. The maximum absolute atomic E-state index is 5.22. The van der Waals surface area contributed by atoms with E-state index in [-0.39, 0.29) is 0 Å². The van der Waals surface area contributed by atoms with Gasteiger partial charge >= 0.3 is 0 Å². The molecule has 0 aliphatic carbocycles. The van der Waals surface area contributed by atoms with Gasteiger partial charge in [0.25, 0.3) is 0 Å². The number of H-pyrrole nitrogens is 1. The fraction of sp³-hybridized carbons (Fsp3) is 0.0769. The van der Waals surface area contributed by atoms with Crippen molar-refractivity contribution in [2.75, 3.05) is 7.11 Å². The maximum Gasteiger partial charge on any atom is 0.119 e. The molecule has 17 heavy (non-hydrogen) atoms. The molecule has 0 unspecified atom stereocenters. The smallest absolute Gasteiger partial charge is 0.119 e. The Morgan fingerprint density at radius 1 is 1.24 bits per heavy atom.